The average molecular weight is 370 g/mol. The van der Waals surface area contributed by atoms with Gasteiger partial charge in [-0.2, -0.15) is 0 Å². The van der Waals surface area contributed by atoms with Gasteiger partial charge in [-0.3, -0.25) is 9.89 Å². The molecule has 1 N–H and O–H groups in total. The van der Waals surface area contributed by atoms with Crippen LogP contribution in [-0.4, -0.2) is 48.6 Å². The molecular formula is C14H19IN4. The Morgan fingerprint density at radius 2 is 2.11 bits per heavy atom. The number of hydrogen-bond acceptors (Lipinski definition) is 4. The SMILES string of the molecule is CNC1CCN(C2C=c3nc(I)ccc3=NC2)CC1. The lowest BCUT2D eigenvalue weighted by atomic mass is 10.0. The molecule has 1 aromatic heterocycles. The molecule has 1 atom stereocenters. The van der Waals surface area contributed by atoms with E-state index >= 15 is 0 Å². The predicted octanol–water partition coefficient (Wildman–Crippen LogP) is 0.152. The van der Waals surface area contributed by atoms with Crippen LogP contribution in [0.2, 0.25) is 0 Å². The van der Waals surface area contributed by atoms with Gasteiger partial charge in [0.15, 0.2) is 0 Å². The number of pyridine rings is 1. The molecule has 2 aliphatic rings. The lowest BCUT2D eigenvalue weighted by molar-refractivity contribution is 0.178. The summed E-state index contributed by atoms with van der Waals surface area (Å²) in [7, 11) is 2.06. The molecule has 2 aliphatic heterocycles. The number of likely N-dealkylation sites (tertiary alicyclic amines) is 1. The average Bonchev–Trinajstić information content (AvgIpc) is 2.46. The van der Waals surface area contributed by atoms with Crippen molar-refractivity contribution in [1.82, 2.24) is 15.2 Å². The molecule has 0 aromatic carbocycles. The van der Waals surface area contributed by atoms with Gasteiger partial charge in [0.1, 0.15) is 3.70 Å². The number of nitrogens with one attached hydrogen (secondary N) is 1. The van der Waals surface area contributed by atoms with Crippen molar-refractivity contribution in [3.63, 3.8) is 0 Å². The standard InChI is InChI=1S/C14H19IN4/c1-16-10-4-6-19(7-5-10)11-8-13-12(17-9-11)2-3-14(15)18-13/h2-3,8,10-11,16H,4-7,9H2,1H3. The first-order valence-corrected chi connectivity index (χ1v) is 7.94. The Bertz CT molecular complexity index is 563. The third-order valence-corrected chi connectivity index (χ3v) is 4.67. The lowest BCUT2D eigenvalue weighted by Crippen LogP contribution is -2.49. The minimum atomic E-state index is 0.427. The lowest BCUT2D eigenvalue weighted by Gasteiger charge is -2.36. The third kappa shape index (κ3) is 2.98. The molecule has 0 radical (unpaired) electrons. The Balaban J connectivity index is 1.78. The Morgan fingerprint density at radius 3 is 2.84 bits per heavy atom. The Labute approximate surface area is 127 Å². The fourth-order valence-electron chi connectivity index (χ4n) is 2.87. The maximum atomic E-state index is 4.68. The van der Waals surface area contributed by atoms with Gasteiger partial charge in [-0.15, -0.1) is 0 Å². The van der Waals surface area contributed by atoms with Crippen LogP contribution in [0.4, 0.5) is 0 Å². The summed E-state index contributed by atoms with van der Waals surface area (Å²) in [6.45, 7) is 3.18. The summed E-state index contributed by atoms with van der Waals surface area (Å²) in [4.78, 5) is 11.8. The van der Waals surface area contributed by atoms with Crippen molar-refractivity contribution in [1.29, 1.82) is 0 Å². The summed E-state index contributed by atoms with van der Waals surface area (Å²) in [5.74, 6) is 0. The van der Waals surface area contributed by atoms with Crippen LogP contribution in [0.1, 0.15) is 12.8 Å². The van der Waals surface area contributed by atoms with Gasteiger partial charge in [0, 0.05) is 25.2 Å². The molecule has 0 aliphatic carbocycles. The van der Waals surface area contributed by atoms with Gasteiger partial charge in [0.2, 0.25) is 0 Å². The molecular weight excluding hydrogens is 351 g/mol. The van der Waals surface area contributed by atoms with Crippen molar-refractivity contribution in [2.24, 2.45) is 4.99 Å². The van der Waals surface area contributed by atoms with Crippen molar-refractivity contribution in [2.45, 2.75) is 24.9 Å². The van der Waals surface area contributed by atoms with Gasteiger partial charge in [0.05, 0.1) is 17.3 Å². The molecule has 19 heavy (non-hydrogen) atoms. The number of rotatable bonds is 2. The molecule has 1 fully saturated rings. The second kappa shape index (κ2) is 5.85. The summed E-state index contributed by atoms with van der Waals surface area (Å²) >= 11 is 2.26. The van der Waals surface area contributed by atoms with Crippen molar-refractivity contribution in [3.8, 4) is 0 Å². The van der Waals surface area contributed by atoms with E-state index in [0.29, 0.717) is 12.1 Å². The molecule has 1 aromatic rings. The molecule has 1 unspecified atom stereocenters. The van der Waals surface area contributed by atoms with E-state index in [2.05, 4.69) is 62.0 Å². The first kappa shape index (κ1) is 13.5. The zero-order valence-electron chi connectivity index (χ0n) is 11.1. The summed E-state index contributed by atoms with van der Waals surface area (Å²) in [6, 6.07) is 5.21. The molecule has 0 bridgehead atoms. The Morgan fingerprint density at radius 1 is 1.32 bits per heavy atom. The number of halogens is 1. The molecule has 102 valence electrons. The van der Waals surface area contributed by atoms with E-state index in [9.17, 15) is 0 Å². The highest BCUT2D eigenvalue weighted by molar-refractivity contribution is 14.1. The molecule has 3 heterocycles. The first-order chi connectivity index (χ1) is 9.26. The van der Waals surface area contributed by atoms with E-state index in [1.165, 1.54) is 12.8 Å². The quantitative estimate of drug-likeness (QED) is 0.596. The highest BCUT2D eigenvalue weighted by Gasteiger charge is 2.23. The molecule has 4 nitrogen and oxygen atoms in total. The minimum absolute atomic E-state index is 0.427. The molecule has 0 saturated carbocycles. The maximum Gasteiger partial charge on any atom is 0.102 e. The van der Waals surface area contributed by atoms with Gasteiger partial charge in [0.25, 0.3) is 0 Å². The largest absolute Gasteiger partial charge is 0.317 e. The molecule has 3 rings (SSSR count). The number of nitrogens with zero attached hydrogens (tertiary/aromatic N) is 3. The molecule has 0 amide bonds. The summed E-state index contributed by atoms with van der Waals surface area (Å²) < 4.78 is 1.04. The second-order valence-corrected chi connectivity index (χ2v) is 6.32. The highest BCUT2D eigenvalue weighted by atomic mass is 127. The first-order valence-electron chi connectivity index (χ1n) is 6.86. The molecule has 0 spiro atoms. The van der Waals surface area contributed by atoms with Crippen LogP contribution in [0.15, 0.2) is 17.1 Å². The second-order valence-electron chi connectivity index (χ2n) is 5.21. The normalized spacial score (nSPS) is 24.4. The van der Waals surface area contributed by atoms with Crippen LogP contribution in [-0.2, 0) is 0 Å². The fraction of sp³-hybridized carbons (Fsp3) is 0.571. The smallest absolute Gasteiger partial charge is 0.102 e. The van der Waals surface area contributed by atoms with E-state index in [4.69, 9.17) is 0 Å². The Hall–Kier alpha value is -0.530. The van der Waals surface area contributed by atoms with Crippen LogP contribution >= 0.6 is 22.6 Å². The van der Waals surface area contributed by atoms with Crippen LogP contribution in [0, 0.1) is 3.70 Å². The van der Waals surface area contributed by atoms with Gasteiger partial charge in [-0.25, -0.2) is 4.98 Å². The third-order valence-electron chi connectivity index (χ3n) is 4.07. The van der Waals surface area contributed by atoms with Gasteiger partial charge in [-0.05, 0) is 60.7 Å². The number of fused-ring (bicyclic) bond motifs is 1. The van der Waals surface area contributed by atoms with Crippen LogP contribution < -0.4 is 16.0 Å². The monoisotopic (exact) mass is 370 g/mol. The van der Waals surface area contributed by atoms with Crippen LogP contribution in [0.3, 0.4) is 0 Å². The van der Waals surface area contributed by atoms with E-state index < -0.39 is 0 Å². The summed E-state index contributed by atoms with van der Waals surface area (Å²) in [5, 5.41) is 5.47. The van der Waals surface area contributed by atoms with Crippen molar-refractivity contribution >= 4 is 28.7 Å². The van der Waals surface area contributed by atoms with Crippen LogP contribution in [0.25, 0.3) is 6.08 Å². The molecule has 1 saturated heterocycles. The van der Waals surface area contributed by atoms with Gasteiger partial charge >= 0.3 is 0 Å². The van der Waals surface area contributed by atoms with E-state index in [-0.39, 0.29) is 0 Å². The number of piperidine rings is 1. The topological polar surface area (TPSA) is 40.5 Å². The zero-order valence-corrected chi connectivity index (χ0v) is 13.3. The maximum absolute atomic E-state index is 4.68. The predicted molar refractivity (Wildman–Crippen MR) is 84.5 cm³/mol. The van der Waals surface area contributed by atoms with E-state index in [1.807, 2.05) is 6.07 Å². The highest BCUT2D eigenvalue weighted by Crippen LogP contribution is 2.14. The van der Waals surface area contributed by atoms with E-state index in [1.54, 1.807) is 0 Å². The van der Waals surface area contributed by atoms with Gasteiger partial charge in [-0.1, -0.05) is 0 Å². The fourth-order valence-corrected chi connectivity index (χ4v) is 3.31. The Kier molecular flexibility index (Phi) is 4.14. The zero-order chi connectivity index (χ0) is 13.2. The number of aromatic nitrogens is 1. The van der Waals surface area contributed by atoms with Gasteiger partial charge < -0.3 is 5.32 Å². The number of hydrogen-bond donors (Lipinski definition) is 1. The van der Waals surface area contributed by atoms with Crippen LogP contribution in [0.5, 0.6) is 0 Å². The summed E-state index contributed by atoms with van der Waals surface area (Å²) in [5.41, 5.74) is 0. The minimum Gasteiger partial charge on any atom is -0.317 e. The summed E-state index contributed by atoms with van der Waals surface area (Å²) in [6.07, 6.45) is 4.76. The van der Waals surface area contributed by atoms with Crippen molar-refractivity contribution < 1.29 is 0 Å². The van der Waals surface area contributed by atoms with E-state index in [0.717, 1.165) is 34.0 Å². The van der Waals surface area contributed by atoms with Crippen molar-refractivity contribution in [2.75, 3.05) is 26.7 Å². The van der Waals surface area contributed by atoms with Crippen molar-refractivity contribution in [3.05, 3.63) is 26.5 Å². The molecule has 5 heteroatoms.